The van der Waals surface area contributed by atoms with Gasteiger partial charge in [-0.15, -0.1) is 0 Å². The second-order valence-corrected chi connectivity index (χ2v) is 5.87. The third-order valence-corrected chi connectivity index (χ3v) is 4.50. The summed E-state index contributed by atoms with van der Waals surface area (Å²) in [6.07, 6.45) is 2.09. The van der Waals surface area contributed by atoms with Gasteiger partial charge in [0.2, 0.25) is 0 Å². The summed E-state index contributed by atoms with van der Waals surface area (Å²) in [5.74, 6) is 1.65. The molecule has 0 unspecified atom stereocenters. The molecule has 0 bridgehead atoms. The molecule has 0 amide bonds. The highest BCUT2D eigenvalue weighted by atomic mass is 16.5. The van der Waals surface area contributed by atoms with E-state index in [1.54, 1.807) is 7.11 Å². The van der Waals surface area contributed by atoms with Crippen LogP contribution in [0.5, 0.6) is 11.5 Å². The van der Waals surface area contributed by atoms with Gasteiger partial charge in [0.1, 0.15) is 0 Å². The third kappa shape index (κ3) is 3.20. The zero-order valence-electron chi connectivity index (χ0n) is 14.2. The molecule has 1 N–H and O–H groups in total. The molecule has 0 saturated carbocycles. The van der Waals surface area contributed by atoms with Gasteiger partial charge >= 0.3 is 0 Å². The molecule has 1 atom stereocenters. The molecular formula is C20H25NO2. The van der Waals surface area contributed by atoms with Crippen LogP contribution in [-0.4, -0.2) is 20.3 Å². The Kier molecular flexibility index (Phi) is 4.87. The molecule has 0 aliphatic carbocycles. The quantitative estimate of drug-likeness (QED) is 0.908. The predicted molar refractivity (Wildman–Crippen MR) is 93.5 cm³/mol. The van der Waals surface area contributed by atoms with Crippen LogP contribution in [0.15, 0.2) is 36.4 Å². The first-order valence-electron chi connectivity index (χ1n) is 8.42. The van der Waals surface area contributed by atoms with Crippen molar-refractivity contribution in [2.24, 2.45) is 0 Å². The summed E-state index contributed by atoms with van der Waals surface area (Å²) in [6.45, 7) is 5.81. The predicted octanol–water partition coefficient (Wildman–Crippen LogP) is 3.89. The number of ether oxygens (including phenoxy) is 2. The van der Waals surface area contributed by atoms with Crippen molar-refractivity contribution in [3.63, 3.8) is 0 Å². The van der Waals surface area contributed by atoms with Crippen LogP contribution in [0.4, 0.5) is 0 Å². The first kappa shape index (κ1) is 15.9. The fourth-order valence-electron chi connectivity index (χ4n) is 3.24. The average molecular weight is 311 g/mol. The number of nitrogens with one attached hydrogen (secondary N) is 1. The van der Waals surface area contributed by atoms with Gasteiger partial charge < -0.3 is 14.8 Å². The lowest BCUT2D eigenvalue weighted by atomic mass is 9.89. The monoisotopic (exact) mass is 311 g/mol. The maximum absolute atomic E-state index is 5.72. The molecule has 3 heteroatoms. The van der Waals surface area contributed by atoms with Gasteiger partial charge in [-0.2, -0.15) is 0 Å². The number of rotatable bonds is 5. The number of hydrogen-bond acceptors (Lipinski definition) is 3. The van der Waals surface area contributed by atoms with Crippen LogP contribution >= 0.6 is 0 Å². The minimum absolute atomic E-state index is 0.217. The Balaban J connectivity index is 2.00. The maximum Gasteiger partial charge on any atom is 0.161 e. The normalized spacial score (nSPS) is 16.7. The van der Waals surface area contributed by atoms with Crippen LogP contribution < -0.4 is 14.8 Å². The van der Waals surface area contributed by atoms with Crippen LogP contribution in [0.2, 0.25) is 0 Å². The minimum atomic E-state index is 0.217. The highest BCUT2D eigenvalue weighted by molar-refractivity contribution is 5.51. The summed E-state index contributed by atoms with van der Waals surface area (Å²) < 4.78 is 11.3. The molecule has 0 spiro atoms. The Morgan fingerprint density at radius 2 is 1.87 bits per heavy atom. The van der Waals surface area contributed by atoms with Gasteiger partial charge in [0.15, 0.2) is 11.5 Å². The second kappa shape index (κ2) is 7.05. The Bertz CT molecular complexity index is 664. The van der Waals surface area contributed by atoms with Crippen molar-refractivity contribution in [2.75, 3.05) is 20.3 Å². The lowest BCUT2D eigenvalue weighted by Crippen LogP contribution is -2.30. The van der Waals surface area contributed by atoms with E-state index >= 15 is 0 Å². The molecule has 0 radical (unpaired) electrons. The molecule has 0 saturated heterocycles. The summed E-state index contributed by atoms with van der Waals surface area (Å²) >= 11 is 0. The summed E-state index contributed by atoms with van der Waals surface area (Å²) in [6, 6.07) is 13.4. The van der Waals surface area contributed by atoms with Gasteiger partial charge in [-0.3, -0.25) is 0 Å². The van der Waals surface area contributed by atoms with Crippen molar-refractivity contribution in [1.29, 1.82) is 0 Å². The molecule has 122 valence electrons. The van der Waals surface area contributed by atoms with E-state index in [4.69, 9.17) is 9.47 Å². The zero-order chi connectivity index (χ0) is 16.2. The number of methoxy groups -OCH3 is 1. The number of benzene rings is 2. The van der Waals surface area contributed by atoms with Crippen molar-refractivity contribution in [3.8, 4) is 11.5 Å². The van der Waals surface area contributed by atoms with Crippen molar-refractivity contribution in [1.82, 2.24) is 5.32 Å². The summed E-state index contributed by atoms with van der Waals surface area (Å²) in [4.78, 5) is 0. The van der Waals surface area contributed by atoms with Crippen molar-refractivity contribution >= 4 is 0 Å². The van der Waals surface area contributed by atoms with Crippen LogP contribution in [0, 0.1) is 0 Å². The molecule has 1 aliphatic heterocycles. The molecule has 3 nitrogen and oxygen atoms in total. The van der Waals surface area contributed by atoms with Crippen molar-refractivity contribution in [3.05, 3.63) is 58.7 Å². The van der Waals surface area contributed by atoms with Crippen LogP contribution in [0.3, 0.4) is 0 Å². The van der Waals surface area contributed by atoms with E-state index in [0.717, 1.165) is 30.9 Å². The molecule has 1 aliphatic rings. The van der Waals surface area contributed by atoms with Gasteiger partial charge in [-0.25, -0.2) is 0 Å². The first-order valence-corrected chi connectivity index (χ1v) is 8.42. The Morgan fingerprint density at radius 3 is 2.52 bits per heavy atom. The molecular weight excluding hydrogens is 286 g/mol. The molecule has 23 heavy (non-hydrogen) atoms. The molecule has 2 aromatic carbocycles. The average Bonchev–Trinajstić information content (AvgIpc) is 2.61. The second-order valence-electron chi connectivity index (χ2n) is 5.87. The lowest BCUT2D eigenvalue weighted by Gasteiger charge is -2.28. The van der Waals surface area contributed by atoms with Gasteiger partial charge in [-0.05, 0) is 54.2 Å². The van der Waals surface area contributed by atoms with E-state index in [-0.39, 0.29) is 6.04 Å². The molecule has 0 fully saturated rings. The molecule has 2 aromatic rings. The Hall–Kier alpha value is -2.00. The van der Waals surface area contributed by atoms with E-state index in [0.29, 0.717) is 6.61 Å². The van der Waals surface area contributed by atoms with Gasteiger partial charge in [-0.1, -0.05) is 31.2 Å². The summed E-state index contributed by atoms with van der Waals surface area (Å²) in [5.41, 5.74) is 5.31. The highest BCUT2D eigenvalue weighted by Gasteiger charge is 2.23. The molecule has 3 rings (SSSR count). The van der Waals surface area contributed by atoms with Crippen LogP contribution in [-0.2, 0) is 12.8 Å². The van der Waals surface area contributed by atoms with Gasteiger partial charge in [0.05, 0.1) is 19.8 Å². The van der Waals surface area contributed by atoms with E-state index in [1.165, 1.54) is 22.3 Å². The summed E-state index contributed by atoms with van der Waals surface area (Å²) in [5, 5.41) is 3.64. The highest BCUT2D eigenvalue weighted by Crippen LogP contribution is 2.37. The Labute approximate surface area is 138 Å². The van der Waals surface area contributed by atoms with Gasteiger partial charge in [0.25, 0.3) is 0 Å². The van der Waals surface area contributed by atoms with Crippen molar-refractivity contribution in [2.45, 2.75) is 32.7 Å². The zero-order valence-corrected chi connectivity index (χ0v) is 14.2. The number of fused-ring (bicyclic) bond motifs is 1. The fourth-order valence-corrected chi connectivity index (χ4v) is 3.24. The Morgan fingerprint density at radius 1 is 1.09 bits per heavy atom. The van der Waals surface area contributed by atoms with E-state index in [2.05, 4.69) is 48.6 Å². The summed E-state index contributed by atoms with van der Waals surface area (Å²) in [7, 11) is 1.70. The van der Waals surface area contributed by atoms with E-state index in [9.17, 15) is 0 Å². The van der Waals surface area contributed by atoms with Crippen LogP contribution in [0.1, 0.15) is 42.1 Å². The van der Waals surface area contributed by atoms with Crippen LogP contribution in [0.25, 0.3) is 0 Å². The number of aryl methyl sites for hydroxylation is 1. The topological polar surface area (TPSA) is 30.5 Å². The van der Waals surface area contributed by atoms with Crippen molar-refractivity contribution < 1.29 is 9.47 Å². The molecule has 1 heterocycles. The third-order valence-electron chi connectivity index (χ3n) is 4.50. The standard InChI is InChI=1S/C20H25NO2/c1-4-14-6-8-15(9-7-14)20-17-13-18(22-3)19(23-5-2)12-16(17)10-11-21-20/h6-9,12-13,20-21H,4-5,10-11H2,1-3H3/t20-/m1/s1. The smallest absolute Gasteiger partial charge is 0.161 e. The van der Waals surface area contributed by atoms with Gasteiger partial charge in [0, 0.05) is 6.54 Å². The minimum Gasteiger partial charge on any atom is -0.493 e. The van der Waals surface area contributed by atoms with E-state index in [1.807, 2.05) is 6.92 Å². The van der Waals surface area contributed by atoms with E-state index < -0.39 is 0 Å². The first-order chi connectivity index (χ1) is 11.3. The number of hydrogen-bond donors (Lipinski definition) is 1. The maximum atomic E-state index is 5.72. The fraction of sp³-hybridized carbons (Fsp3) is 0.400. The SMILES string of the molecule is CCOc1cc2c(cc1OC)[C@@H](c1ccc(CC)cc1)NCC2. The lowest BCUT2D eigenvalue weighted by molar-refractivity contribution is 0.309. The molecule has 0 aromatic heterocycles. The largest absolute Gasteiger partial charge is 0.493 e.